The van der Waals surface area contributed by atoms with Crippen LogP contribution in [0.2, 0.25) is 0 Å². The van der Waals surface area contributed by atoms with Crippen molar-refractivity contribution < 1.29 is 9.47 Å². The van der Waals surface area contributed by atoms with Crippen molar-refractivity contribution >= 4 is 11.6 Å². The molecular formula is C9H17ClO2. The molecule has 0 aromatic heterocycles. The second-order valence-corrected chi connectivity index (χ2v) is 3.84. The van der Waals surface area contributed by atoms with Gasteiger partial charge in [0, 0.05) is 5.92 Å². The standard InChI is InChI=1S/C9H17ClO2/c1-4-7(2)9(3)11-6-8(5-10)12-9/h7-8H,4-6H2,1-3H3. The third-order valence-electron chi connectivity index (χ3n) is 2.64. The maximum absolute atomic E-state index is 5.70. The molecule has 0 amide bonds. The molecular weight excluding hydrogens is 176 g/mol. The number of ether oxygens (including phenoxy) is 2. The van der Waals surface area contributed by atoms with Crippen LogP contribution < -0.4 is 0 Å². The summed E-state index contributed by atoms with van der Waals surface area (Å²) < 4.78 is 11.3. The van der Waals surface area contributed by atoms with Crippen molar-refractivity contribution in [2.75, 3.05) is 12.5 Å². The molecule has 0 spiro atoms. The van der Waals surface area contributed by atoms with Crippen molar-refractivity contribution in [1.82, 2.24) is 0 Å². The Hall–Kier alpha value is 0.210. The van der Waals surface area contributed by atoms with Crippen molar-refractivity contribution in [3.63, 3.8) is 0 Å². The highest BCUT2D eigenvalue weighted by Gasteiger charge is 2.40. The topological polar surface area (TPSA) is 18.5 Å². The van der Waals surface area contributed by atoms with E-state index in [0.717, 1.165) is 6.42 Å². The van der Waals surface area contributed by atoms with Gasteiger partial charge in [-0.3, -0.25) is 0 Å². The quantitative estimate of drug-likeness (QED) is 0.640. The maximum Gasteiger partial charge on any atom is 0.168 e. The van der Waals surface area contributed by atoms with Gasteiger partial charge in [0.05, 0.1) is 18.6 Å². The molecule has 1 rings (SSSR count). The van der Waals surface area contributed by atoms with E-state index in [1.54, 1.807) is 0 Å². The smallest absolute Gasteiger partial charge is 0.168 e. The second-order valence-electron chi connectivity index (χ2n) is 3.53. The molecule has 0 radical (unpaired) electrons. The Labute approximate surface area is 79.2 Å². The summed E-state index contributed by atoms with van der Waals surface area (Å²) in [6.07, 6.45) is 1.14. The first-order valence-electron chi connectivity index (χ1n) is 4.50. The lowest BCUT2D eigenvalue weighted by molar-refractivity contribution is -0.185. The Balaban J connectivity index is 2.51. The first-order valence-corrected chi connectivity index (χ1v) is 5.03. The average molecular weight is 193 g/mol. The molecule has 0 aromatic carbocycles. The number of hydrogen-bond acceptors (Lipinski definition) is 2. The van der Waals surface area contributed by atoms with Gasteiger partial charge in [0.25, 0.3) is 0 Å². The summed E-state index contributed by atoms with van der Waals surface area (Å²) in [5.41, 5.74) is 0. The first-order chi connectivity index (χ1) is 5.62. The Morgan fingerprint density at radius 2 is 2.33 bits per heavy atom. The molecule has 3 heteroatoms. The molecule has 1 fully saturated rings. The molecule has 0 saturated carbocycles. The molecule has 1 saturated heterocycles. The van der Waals surface area contributed by atoms with Gasteiger partial charge in [0.15, 0.2) is 5.79 Å². The molecule has 1 aliphatic heterocycles. The Morgan fingerprint density at radius 1 is 1.67 bits per heavy atom. The highest BCUT2D eigenvalue weighted by Crippen LogP contribution is 2.32. The van der Waals surface area contributed by atoms with Crippen LogP contribution in [0.4, 0.5) is 0 Å². The lowest BCUT2D eigenvalue weighted by Crippen LogP contribution is -2.34. The molecule has 3 atom stereocenters. The maximum atomic E-state index is 5.70. The third kappa shape index (κ3) is 1.93. The summed E-state index contributed by atoms with van der Waals surface area (Å²) in [6, 6.07) is 0. The van der Waals surface area contributed by atoms with Crippen LogP contribution in [0.15, 0.2) is 0 Å². The number of alkyl halides is 1. The van der Waals surface area contributed by atoms with Crippen LogP contribution in [-0.4, -0.2) is 24.4 Å². The molecule has 72 valence electrons. The zero-order chi connectivity index (χ0) is 9.19. The van der Waals surface area contributed by atoms with Gasteiger partial charge in [-0.05, 0) is 13.3 Å². The van der Waals surface area contributed by atoms with Crippen LogP contribution in [0, 0.1) is 5.92 Å². The van der Waals surface area contributed by atoms with E-state index in [1.807, 2.05) is 6.92 Å². The minimum absolute atomic E-state index is 0.0747. The zero-order valence-electron chi connectivity index (χ0n) is 7.97. The Morgan fingerprint density at radius 3 is 2.75 bits per heavy atom. The predicted molar refractivity (Wildman–Crippen MR) is 49.4 cm³/mol. The van der Waals surface area contributed by atoms with Gasteiger partial charge in [-0.2, -0.15) is 0 Å². The van der Waals surface area contributed by atoms with Crippen molar-refractivity contribution in [2.24, 2.45) is 5.92 Å². The summed E-state index contributed by atoms with van der Waals surface area (Å²) in [6.45, 7) is 6.89. The lowest BCUT2D eigenvalue weighted by atomic mass is 10.00. The monoisotopic (exact) mass is 192 g/mol. The van der Waals surface area contributed by atoms with Gasteiger partial charge < -0.3 is 9.47 Å². The molecule has 0 aliphatic carbocycles. The van der Waals surface area contributed by atoms with E-state index in [2.05, 4.69) is 13.8 Å². The van der Waals surface area contributed by atoms with E-state index in [4.69, 9.17) is 21.1 Å². The Kier molecular flexibility index (Phi) is 3.38. The number of halogens is 1. The molecule has 1 aliphatic rings. The Bertz CT molecular complexity index is 151. The largest absolute Gasteiger partial charge is 0.347 e. The molecule has 1 heterocycles. The molecule has 0 N–H and O–H groups in total. The van der Waals surface area contributed by atoms with E-state index in [1.165, 1.54) is 0 Å². The van der Waals surface area contributed by atoms with Gasteiger partial charge in [-0.25, -0.2) is 0 Å². The zero-order valence-corrected chi connectivity index (χ0v) is 8.73. The number of rotatable bonds is 3. The molecule has 2 nitrogen and oxygen atoms in total. The SMILES string of the molecule is CCC(C)C1(C)OCC(CCl)O1. The minimum Gasteiger partial charge on any atom is -0.347 e. The normalized spacial score (nSPS) is 38.5. The van der Waals surface area contributed by atoms with Crippen molar-refractivity contribution in [1.29, 1.82) is 0 Å². The summed E-state index contributed by atoms with van der Waals surface area (Å²) in [5.74, 6) is 0.533. The van der Waals surface area contributed by atoms with E-state index < -0.39 is 5.79 Å². The fourth-order valence-electron chi connectivity index (χ4n) is 1.36. The van der Waals surface area contributed by atoms with Gasteiger partial charge in [0.1, 0.15) is 0 Å². The van der Waals surface area contributed by atoms with Crippen molar-refractivity contribution in [3.05, 3.63) is 0 Å². The molecule has 12 heavy (non-hydrogen) atoms. The van der Waals surface area contributed by atoms with Crippen LogP contribution >= 0.6 is 11.6 Å². The number of hydrogen-bond donors (Lipinski definition) is 0. The molecule has 0 aromatic rings. The fourth-order valence-corrected chi connectivity index (χ4v) is 1.51. The third-order valence-corrected chi connectivity index (χ3v) is 2.98. The summed E-state index contributed by atoms with van der Waals surface area (Å²) in [5, 5.41) is 0. The second kappa shape index (κ2) is 3.95. The molecule has 0 bridgehead atoms. The van der Waals surface area contributed by atoms with E-state index >= 15 is 0 Å². The van der Waals surface area contributed by atoms with E-state index in [-0.39, 0.29) is 6.10 Å². The highest BCUT2D eigenvalue weighted by atomic mass is 35.5. The van der Waals surface area contributed by atoms with Crippen LogP contribution in [0.1, 0.15) is 27.2 Å². The van der Waals surface area contributed by atoms with Crippen molar-refractivity contribution in [3.8, 4) is 0 Å². The van der Waals surface area contributed by atoms with Crippen LogP contribution in [0.25, 0.3) is 0 Å². The fraction of sp³-hybridized carbons (Fsp3) is 1.00. The van der Waals surface area contributed by atoms with Gasteiger partial charge in [0.2, 0.25) is 0 Å². The summed E-state index contributed by atoms with van der Waals surface area (Å²) >= 11 is 5.68. The van der Waals surface area contributed by atoms with E-state index in [9.17, 15) is 0 Å². The van der Waals surface area contributed by atoms with E-state index in [0.29, 0.717) is 18.4 Å². The summed E-state index contributed by atoms with van der Waals surface area (Å²) in [4.78, 5) is 0. The van der Waals surface area contributed by atoms with Crippen molar-refractivity contribution in [2.45, 2.75) is 39.1 Å². The lowest BCUT2D eigenvalue weighted by Gasteiger charge is -2.29. The van der Waals surface area contributed by atoms with Crippen LogP contribution in [0.5, 0.6) is 0 Å². The predicted octanol–water partition coefficient (Wildman–Crippen LogP) is 2.40. The molecule has 3 unspecified atom stereocenters. The highest BCUT2D eigenvalue weighted by molar-refractivity contribution is 6.18. The van der Waals surface area contributed by atoms with Gasteiger partial charge in [-0.1, -0.05) is 13.8 Å². The van der Waals surface area contributed by atoms with Crippen LogP contribution in [-0.2, 0) is 9.47 Å². The average Bonchev–Trinajstić information content (AvgIpc) is 2.47. The van der Waals surface area contributed by atoms with Gasteiger partial charge in [-0.15, -0.1) is 11.6 Å². The van der Waals surface area contributed by atoms with Gasteiger partial charge >= 0.3 is 0 Å². The summed E-state index contributed by atoms with van der Waals surface area (Å²) in [7, 11) is 0. The minimum atomic E-state index is -0.408. The van der Waals surface area contributed by atoms with Crippen LogP contribution in [0.3, 0.4) is 0 Å². The first kappa shape index (κ1) is 10.3.